The molecule has 3 heterocycles. The van der Waals surface area contributed by atoms with Crippen LogP contribution in [0.25, 0.3) is 0 Å². The summed E-state index contributed by atoms with van der Waals surface area (Å²) in [5.74, 6) is -2.97. The Kier molecular flexibility index (Phi) is 6.15. The number of alkyl halides is 3. The summed E-state index contributed by atoms with van der Waals surface area (Å²) in [5, 5.41) is 0. The van der Waals surface area contributed by atoms with Gasteiger partial charge in [-0.3, -0.25) is 9.55 Å². The maximum absolute atomic E-state index is 14.5. The minimum atomic E-state index is -4.74. The maximum atomic E-state index is 14.5. The number of pyridine rings is 1. The molecule has 0 bridgehead atoms. The van der Waals surface area contributed by atoms with Gasteiger partial charge in [-0.25, -0.2) is 13.6 Å². The van der Waals surface area contributed by atoms with Gasteiger partial charge in [0.2, 0.25) is 5.88 Å². The van der Waals surface area contributed by atoms with Gasteiger partial charge in [-0.2, -0.15) is 18.2 Å². The first-order valence-electron chi connectivity index (χ1n) is 10.2. The van der Waals surface area contributed by atoms with E-state index < -0.39 is 40.7 Å². The standard InChI is InChI=1S/C22H19F5N4O3/c1-12-4-6-31-19(30(12)2)10-18(29-21(31)32)33-11-13-7-15(23)20(16(24)8-13)34-14-3-5-28-17(9-14)22(25,26)27/h3,5,7-10,12H,4,6,11H2,1-2H3/t12-/m0/s1. The molecule has 1 aliphatic heterocycles. The molecule has 1 aromatic carbocycles. The van der Waals surface area contributed by atoms with Gasteiger partial charge >= 0.3 is 11.9 Å². The van der Waals surface area contributed by atoms with Gasteiger partial charge in [-0.05, 0) is 37.1 Å². The molecule has 0 N–H and O–H groups in total. The molecule has 0 saturated carbocycles. The summed E-state index contributed by atoms with van der Waals surface area (Å²) in [7, 11) is 1.84. The number of halogens is 5. The zero-order valence-corrected chi connectivity index (χ0v) is 18.1. The zero-order valence-electron chi connectivity index (χ0n) is 18.1. The van der Waals surface area contributed by atoms with Crippen molar-refractivity contribution in [1.82, 2.24) is 14.5 Å². The van der Waals surface area contributed by atoms with E-state index in [1.807, 2.05) is 18.9 Å². The quantitative estimate of drug-likeness (QED) is 0.498. The Bertz CT molecular complexity index is 1260. The fourth-order valence-corrected chi connectivity index (χ4v) is 3.48. The van der Waals surface area contributed by atoms with Crippen LogP contribution in [0.3, 0.4) is 0 Å². The van der Waals surface area contributed by atoms with Crippen molar-refractivity contribution >= 4 is 5.82 Å². The summed E-state index contributed by atoms with van der Waals surface area (Å²) in [4.78, 5) is 21.2. The van der Waals surface area contributed by atoms with Gasteiger partial charge in [0.05, 0.1) is 0 Å². The van der Waals surface area contributed by atoms with E-state index in [0.29, 0.717) is 18.4 Å². The predicted octanol–water partition coefficient (Wildman–Crippen LogP) is 4.54. The lowest BCUT2D eigenvalue weighted by molar-refractivity contribution is -0.141. The Morgan fingerprint density at radius 1 is 1.15 bits per heavy atom. The molecule has 0 fully saturated rings. The van der Waals surface area contributed by atoms with Gasteiger partial charge in [0.1, 0.15) is 23.9 Å². The molecule has 12 heteroatoms. The molecule has 180 valence electrons. The van der Waals surface area contributed by atoms with E-state index in [2.05, 4.69) is 9.97 Å². The highest BCUT2D eigenvalue weighted by atomic mass is 19.4. The van der Waals surface area contributed by atoms with E-state index in [0.717, 1.165) is 30.8 Å². The lowest BCUT2D eigenvalue weighted by Gasteiger charge is -2.34. The fraction of sp³-hybridized carbons (Fsp3) is 0.318. The molecule has 3 aromatic rings. The van der Waals surface area contributed by atoms with E-state index in [-0.39, 0.29) is 24.1 Å². The molecule has 0 amide bonds. The van der Waals surface area contributed by atoms with Crippen molar-refractivity contribution in [2.45, 2.75) is 38.7 Å². The van der Waals surface area contributed by atoms with E-state index in [9.17, 15) is 26.7 Å². The Hall–Kier alpha value is -3.70. The average molecular weight is 482 g/mol. The molecule has 34 heavy (non-hydrogen) atoms. The van der Waals surface area contributed by atoms with Crippen LogP contribution in [0.5, 0.6) is 17.4 Å². The molecule has 0 aliphatic carbocycles. The van der Waals surface area contributed by atoms with Crippen LogP contribution in [0.4, 0.5) is 27.8 Å². The number of benzene rings is 1. The van der Waals surface area contributed by atoms with E-state index in [4.69, 9.17) is 9.47 Å². The minimum absolute atomic E-state index is 0.00481. The number of ether oxygens (including phenoxy) is 2. The molecule has 0 unspecified atom stereocenters. The maximum Gasteiger partial charge on any atom is 0.433 e. The molecule has 0 radical (unpaired) electrons. The highest BCUT2D eigenvalue weighted by molar-refractivity contribution is 5.44. The van der Waals surface area contributed by atoms with Gasteiger partial charge < -0.3 is 14.4 Å². The van der Waals surface area contributed by atoms with Crippen LogP contribution < -0.4 is 20.1 Å². The second kappa shape index (κ2) is 8.92. The summed E-state index contributed by atoms with van der Waals surface area (Å²) >= 11 is 0. The topological polar surface area (TPSA) is 69.5 Å². The lowest BCUT2D eigenvalue weighted by atomic mass is 10.1. The Morgan fingerprint density at radius 3 is 2.53 bits per heavy atom. The number of nitrogens with zero attached hydrogens (tertiary/aromatic N) is 4. The van der Waals surface area contributed by atoms with E-state index >= 15 is 0 Å². The first-order valence-corrected chi connectivity index (χ1v) is 10.2. The van der Waals surface area contributed by atoms with E-state index in [1.54, 1.807) is 6.07 Å². The van der Waals surface area contributed by atoms with Gasteiger partial charge in [0.25, 0.3) is 0 Å². The highest BCUT2D eigenvalue weighted by Crippen LogP contribution is 2.33. The zero-order chi connectivity index (χ0) is 24.6. The highest BCUT2D eigenvalue weighted by Gasteiger charge is 2.33. The Labute approximate surface area is 190 Å². The van der Waals surface area contributed by atoms with Crippen LogP contribution >= 0.6 is 0 Å². The fourth-order valence-electron chi connectivity index (χ4n) is 3.48. The number of hydrogen-bond acceptors (Lipinski definition) is 6. The average Bonchev–Trinajstić information content (AvgIpc) is 2.77. The largest absolute Gasteiger partial charge is 0.473 e. The lowest BCUT2D eigenvalue weighted by Crippen LogP contribution is -2.41. The summed E-state index contributed by atoms with van der Waals surface area (Å²) in [6.45, 7) is 2.23. The van der Waals surface area contributed by atoms with Gasteiger partial charge in [0.15, 0.2) is 17.4 Å². The predicted molar refractivity (Wildman–Crippen MR) is 111 cm³/mol. The minimum Gasteiger partial charge on any atom is -0.473 e. The molecule has 0 saturated heterocycles. The SMILES string of the molecule is C[C@H]1CCn2c(cc(OCc3cc(F)c(Oc4ccnc(C(F)(F)F)c4)c(F)c3)nc2=O)N1C. The van der Waals surface area contributed by atoms with Crippen LogP contribution in [0.2, 0.25) is 0 Å². The molecular weight excluding hydrogens is 463 g/mol. The third kappa shape index (κ3) is 4.80. The molecule has 0 spiro atoms. The van der Waals surface area contributed by atoms with Crippen LogP contribution in [0.15, 0.2) is 41.3 Å². The van der Waals surface area contributed by atoms with Crippen LogP contribution in [-0.4, -0.2) is 27.6 Å². The van der Waals surface area contributed by atoms with Gasteiger partial charge in [-0.1, -0.05) is 0 Å². The molecular formula is C22H19F5N4O3. The Balaban J connectivity index is 1.51. The van der Waals surface area contributed by atoms with Crippen molar-refractivity contribution in [1.29, 1.82) is 0 Å². The summed E-state index contributed by atoms with van der Waals surface area (Å²) < 4.78 is 79.4. The number of fused-ring (bicyclic) bond motifs is 1. The van der Waals surface area contributed by atoms with Gasteiger partial charge in [-0.15, -0.1) is 0 Å². The van der Waals surface area contributed by atoms with Crippen molar-refractivity contribution in [3.8, 4) is 17.4 Å². The van der Waals surface area contributed by atoms with Crippen LogP contribution in [0.1, 0.15) is 24.6 Å². The first-order chi connectivity index (χ1) is 16.0. The summed E-state index contributed by atoms with van der Waals surface area (Å²) in [6.07, 6.45) is -3.13. The van der Waals surface area contributed by atoms with Crippen LogP contribution in [-0.2, 0) is 19.3 Å². The van der Waals surface area contributed by atoms with Crippen LogP contribution in [0, 0.1) is 11.6 Å². The molecule has 1 atom stereocenters. The third-order valence-electron chi connectivity index (χ3n) is 5.45. The van der Waals surface area contributed by atoms with Crippen molar-refractivity contribution in [2.75, 3.05) is 11.9 Å². The molecule has 1 aliphatic rings. The number of rotatable bonds is 5. The Morgan fingerprint density at radius 2 is 1.85 bits per heavy atom. The number of anilines is 1. The van der Waals surface area contributed by atoms with Crippen molar-refractivity contribution in [3.05, 3.63) is 69.9 Å². The second-order valence-electron chi connectivity index (χ2n) is 7.79. The number of hydrogen-bond donors (Lipinski definition) is 0. The van der Waals surface area contributed by atoms with E-state index in [1.165, 1.54) is 4.57 Å². The molecule has 2 aromatic heterocycles. The molecule has 7 nitrogen and oxygen atoms in total. The molecule has 4 rings (SSSR count). The first kappa shape index (κ1) is 23.5. The number of aromatic nitrogens is 3. The van der Waals surface area contributed by atoms with Crippen molar-refractivity contribution in [2.24, 2.45) is 0 Å². The normalized spacial score (nSPS) is 15.7. The third-order valence-corrected chi connectivity index (χ3v) is 5.45. The smallest absolute Gasteiger partial charge is 0.433 e. The van der Waals surface area contributed by atoms with Crippen molar-refractivity contribution < 1.29 is 31.4 Å². The monoisotopic (exact) mass is 482 g/mol. The van der Waals surface area contributed by atoms with Crippen molar-refractivity contribution in [3.63, 3.8) is 0 Å². The summed E-state index contributed by atoms with van der Waals surface area (Å²) in [6, 6.07) is 5.20. The van der Waals surface area contributed by atoms with Gasteiger partial charge in [0, 0.05) is 38.0 Å². The second-order valence-corrected chi connectivity index (χ2v) is 7.79. The summed E-state index contributed by atoms with van der Waals surface area (Å²) in [5.41, 5.74) is -1.69.